The Bertz CT molecular complexity index is 321. The molecule has 0 spiro atoms. The summed E-state index contributed by atoms with van der Waals surface area (Å²) >= 11 is 0. The van der Waals surface area contributed by atoms with Crippen molar-refractivity contribution in [3.63, 3.8) is 0 Å². The van der Waals surface area contributed by atoms with E-state index in [0.717, 1.165) is 0 Å². The molecular weight excluding hydrogens is 256 g/mol. The molecule has 2 atom stereocenters. The molecule has 0 aliphatic carbocycles. The van der Waals surface area contributed by atoms with Crippen LogP contribution in [0, 0.1) is 0 Å². The van der Waals surface area contributed by atoms with E-state index in [0.29, 0.717) is 32.7 Å². The fraction of sp³-hybridized carbons (Fsp3) is 1.00. The highest BCUT2D eigenvalue weighted by molar-refractivity contribution is 7.92. The van der Waals surface area contributed by atoms with Crippen LogP contribution in [0.2, 0.25) is 0 Å². The van der Waals surface area contributed by atoms with Gasteiger partial charge in [-0.1, -0.05) is 0 Å². The number of hydrogen-bond donors (Lipinski definition) is 0. The Morgan fingerprint density at radius 2 is 1.89 bits per heavy atom. The van der Waals surface area contributed by atoms with Gasteiger partial charge in [-0.05, 0) is 27.2 Å². The highest BCUT2D eigenvalue weighted by atomic mass is 32.2. The van der Waals surface area contributed by atoms with Crippen molar-refractivity contribution in [2.45, 2.75) is 51.3 Å². The van der Waals surface area contributed by atoms with Crippen molar-refractivity contribution >= 4 is 9.84 Å². The topological polar surface area (TPSA) is 61.8 Å². The molecule has 1 aliphatic heterocycles. The minimum atomic E-state index is -3.13. The lowest BCUT2D eigenvalue weighted by atomic mass is 10.3. The van der Waals surface area contributed by atoms with Crippen molar-refractivity contribution in [2.75, 3.05) is 25.6 Å². The number of hydrogen-bond acceptors (Lipinski definition) is 5. The number of ether oxygens (including phenoxy) is 3. The van der Waals surface area contributed by atoms with Crippen LogP contribution in [0.15, 0.2) is 0 Å². The van der Waals surface area contributed by atoms with E-state index in [1.807, 2.05) is 20.8 Å². The van der Waals surface area contributed by atoms with Crippen LogP contribution < -0.4 is 0 Å². The molecule has 0 N–H and O–H groups in total. The summed E-state index contributed by atoms with van der Waals surface area (Å²) in [5.74, 6) is 0.0933. The van der Waals surface area contributed by atoms with Crippen LogP contribution in [0.4, 0.5) is 0 Å². The standard InChI is InChI=1S/C12H24O5S/c1-4-15-12(16-5-2)7-9-18(13,14)11-6-8-17-10(11)3/h10-12H,4-9H2,1-3H3. The predicted octanol–water partition coefficient (Wildman–Crippen LogP) is 1.37. The minimum absolute atomic E-state index is 0.0933. The number of rotatable bonds is 8. The maximum Gasteiger partial charge on any atom is 0.158 e. The molecule has 1 heterocycles. The quantitative estimate of drug-likeness (QED) is 0.628. The van der Waals surface area contributed by atoms with E-state index in [2.05, 4.69) is 0 Å². The Kier molecular flexibility index (Phi) is 6.55. The van der Waals surface area contributed by atoms with E-state index in [9.17, 15) is 8.42 Å². The van der Waals surface area contributed by atoms with Gasteiger partial charge in [-0.15, -0.1) is 0 Å². The highest BCUT2D eigenvalue weighted by Gasteiger charge is 2.35. The monoisotopic (exact) mass is 280 g/mol. The van der Waals surface area contributed by atoms with Crippen molar-refractivity contribution in [1.82, 2.24) is 0 Å². The van der Waals surface area contributed by atoms with Crippen LogP contribution in [0.25, 0.3) is 0 Å². The molecule has 0 amide bonds. The lowest BCUT2D eigenvalue weighted by molar-refractivity contribution is -0.136. The second-order valence-corrected chi connectivity index (χ2v) is 6.74. The number of sulfone groups is 1. The third-order valence-corrected chi connectivity index (χ3v) is 5.46. The second-order valence-electron chi connectivity index (χ2n) is 4.40. The molecule has 6 heteroatoms. The van der Waals surface area contributed by atoms with Gasteiger partial charge in [-0.3, -0.25) is 0 Å². The summed E-state index contributed by atoms with van der Waals surface area (Å²) in [6, 6.07) is 0. The molecule has 5 nitrogen and oxygen atoms in total. The maximum absolute atomic E-state index is 12.2. The molecule has 0 aromatic rings. The molecule has 18 heavy (non-hydrogen) atoms. The molecule has 1 rings (SSSR count). The van der Waals surface area contributed by atoms with Gasteiger partial charge in [0.25, 0.3) is 0 Å². The van der Waals surface area contributed by atoms with E-state index in [4.69, 9.17) is 14.2 Å². The smallest absolute Gasteiger partial charge is 0.158 e. The van der Waals surface area contributed by atoms with Crippen molar-refractivity contribution < 1.29 is 22.6 Å². The third kappa shape index (κ3) is 4.50. The van der Waals surface area contributed by atoms with Crippen LogP contribution in [0.5, 0.6) is 0 Å². The van der Waals surface area contributed by atoms with Gasteiger partial charge in [0.05, 0.1) is 17.1 Å². The van der Waals surface area contributed by atoms with Gasteiger partial charge in [-0.2, -0.15) is 0 Å². The lowest BCUT2D eigenvalue weighted by Gasteiger charge is -2.19. The van der Waals surface area contributed by atoms with E-state index >= 15 is 0 Å². The van der Waals surface area contributed by atoms with Crippen LogP contribution in [0.1, 0.15) is 33.6 Å². The zero-order chi connectivity index (χ0) is 13.6. The zero-order valence-corrected chi connectivity index (χ0v) is 12.2. The molecular formula is C12H24O5S. The Labute approximate surface area is 110 Å². The summed E-state index contributed by atoms with van der Waals surface area (Å²) in [4.78, 5) is 0. The molecule has 2 unspecified atom stereocenters. The van der Waals surface area contributed by atoms with E-state index in [1.54, 1.807) is 0 Å². The van der Waals surface area contributed by atoms with E-state index < -0.39 is 16.1 Å². The third-order valence-electron chi connectivity index (χ3n) is 3.11. The zero-order valence-electron chi connectivity index (χ0n) is 11.4. The summed E-state index contributed by atoms with van der Waals surface area (Å²) in [6.07, 6.45) is 0.352. The van der Waals surface area contributed by atoms with Crippen LogP contribution in [0.3, 0.4) is 0 Å². The average Bonchev–Trinajstić information content (AvgIpc) is 2.74. The first-order valence-corrected chi connectivity index (χ1v) is 8.29. The van der Waals surface area contributed by atoms with Gasteiger partial charge in [0, 0.05) is 26.2 Å². The SMILES string of the molecule is CCOC(CCS(=O)(=O)C1CCOC1C)OCC. The Morgan fingerprint density at radius 1 is 1.28 bits per heavy atom. The minimum Gasteiger partial charge on any atom is -0.377 e. The highest BCUT2D eigenvalue weighted by Crippen LogP contribution is 2.22. The van der Waals surface area contributed by atoms with E-state index in [1.165, 1.54) is 0 Å². The van der Waals surface area contributed by atoms with Gasteiger partial charge in [0.2, 0.25) is 0 Å². The summed E-state index contributed by atoms with van der Waals surface area (Å²) in [6.45, 7) is 7.13. The normalized spacial score (nSPS) is 24.9. The fourth-order valence-corrected chi connectivity index (χ4v) is 4.12. The van der Waals surface area contributed by atoms with Gasteiger partial charge in [-0.25, -0.2) is 8.42 Å². The van der Waals surface area contributed by atoms with Gasteiger partial charge in [0.15, 0.2) is 16.1 Å². The molecule has 0 aromatic carbocycles. The maximum atomic E-state index is 12.2. The summed E-state index contributed by atoms with van der Waals surface area (Å²) in [5.41, 5.74) is 0. The average molecular weight is 280 g/mol. The molecule has 0 saturated carbocycles. The first kappa shape index (κ1) is 15.9. The van der Waals surface area contributed by atoms with Crippen molar-refractivity contribution in [3.8, 4) is 0 Å². The largest absolute Gasteiger partial charge is 0.377 e. The second kappa shape index (κ2) is 7.43. The molecule has 1 fully saturated rings. The molecule has 108 valence electrons. The summed E-state index contributed by atoms with van der Waals surface area (Å²) in [7, 11) is -3.13. The van der Waals surface area contributed by atoms with Gasteiger partial charge < -0.3 is 14.2 Å². The van der Waals surface area contributed by atoms with Crippen LogP contribution in [-0.4, -0.2) is 51.6 Å². The summed E-state index contributed by atoms with van der Waals surface area (Å²) in [5, 5.41) is -0.374. The van der Waals surface area contributed by atoms with Crippen LogP contribution in [-0.2, 0) is 24.0 Å². The van der Waals surface area contributed by atoms with Crippen molar-refractivity contribution in [2.24, 2.45) is 0 Å². The predicted molar refractivity (Wildman–Crippen MR) is 69.3 cm³/mol. The first-order valence-electron chi connectivity index (χ1n) is 6.57. The molecule has 1 aliphatic rings. The Morgan fingerprint density at radius 3 is 2.33 bits per heavy atom. The van der Waals surface area contributed by atoms with Gasteiger partial charge >= 0.3 is 0 Å². The lowest BCUT2D eigenvalue weighted by Crippen LogP contribution is -2.32. The molecule has 1 saturated heterocycles. The van der Waals surface area contributed by atoms with Crippen LogP contribution >= 0.6 is 0 Å². The first-order chi connectivity index (χ1) is 8.51. The summed E-state index contributed by atoms with van der Waals surface area (Å²) < 4.78 is 40.3. The fourth-order valence-electron chi connectivity index (χ4n) is 2.18. The molecule has 0 radical (unpaired) electrons. The van der Waals surface area contributed by atoms with E-state index in [-0.39, 0.29) is 17.1 Å². The molecule has 0 bridgehead atoms. The Balaban J connectivity index is 2.49. The van der Waals surface area contributed by atoms with Gasteiger partial charge in [0.1, 0.15) is 0 Å². The molecule has 0 aromatic heterocycles. The van der Waals surface area contributed by atoms with Crippen molar-refractivity contribution in [1.29, 1.82) is 0 Å². The van der Waals surface area contributed by atoms with Crippen molar-refractivity contribution in [3.05, 3.63) is 0 Å². The Hall–Kier alpha value is -0.170.